The second-order valence-corrected chi connectivity index (χ2v) is 9.38. The Balaban J connectivity index is 1.54. The molecule has 4 rings (SSSR count). The van der Waals surface area contributed by atoms with Gasteiger partial charge in [-0.25, -0.2) is 22.8 Å². The minimum atomic E-state index is -3.70. The summed E-state index contributed by atoms with van der Waals surface area (Å²) >= 11 is 0. The zero-order valence-electron chi connectivity index (χ0n) is 15.7. The van der Waals surface area contributed by atoms with E-state index in [1.807, 2.05) is 19.9 Å². The van der Waals surface area contributed by atoms with E-state index in [0.717, 1.165) is 11.4 Å². The van der Waals surface area contributed by atoms with Crippen molar-refractivity contribution in [2.45, 2.75) is 62.8 Å². The Kier molecular flexibility index (Phi) is 4.48. The summed E-state index contributed by atoms with van der Waals surface area (Å²) in [5, 5.41) is 4.39. The molecule has 1 unspecified atom stereocenters. The van der Waals surface area contributed by atoms with Crippen molar-refractivity contribution < 1.29 is 17.9 Å². The maximum atomic E-state index is 13.0. The summed E-state index contributed by atoms with van der Waals surface area (Å²) in [6, 6.07) is 5.04. The first-order chi connectivity index (χ1) is 12.8. The summed E-state index contributed by atoms with van der Waals surface area (Å²) in [5.41, 5.74) is 0.529. The van der Waals surface area contributed by atoms with Crippen LogP contribution >= 0.6 is 0 Å². The third-order valence-corrected chi connectivity index (χ3v) is 6.39. The molecule has 0 fully saturated rings. The van der Waals surface area contributed by atoms with Gasteiger partial charge >= 0.3 is 0 Å². The number of aromatic nitrogens is 3. The second-order valence-electron chi connectivity index (χ2n) is 7.70. The molecule has 2 aliphatic heterocycles. The Labute approximate surface area is 158 Å². The van der Waals surface area contributed by atoms with Crippen LogP contribution in [0.4, 0.5) is 0 Å². The highest BCUT2D eigenvalue weighted by atomic mass is 32.2. The Morgan fingerprint density at radius 1 is 1.41 bits per heavy atom. The minimum absolute atomic E-state index is 0.204. The van der Waals surface area contributed by atoms with Crippen LogP contribution < -0.4 is 9.46 Å². The number of nitrogens with one attached hydrogen (secondary N) is 1. The van der Waals surface area contributed by atoms with Crippen LogP contribution in [0.3, 0.4) is 0 Å². The molecule has 27 heavy (non-hydrogen) atoms. The van der Waals surface area contributed by atoms with Crippen LogP contribution in [-0.2, 0) is 40.8 Å². The molecule has 1 aromatic heterocycles. The number of ether oxygens (including phenoxy) is 2. The van der Waals surface area contributed by atoms with Gasteiger partial charge in [0.2, 0.25) is 10.0 Å². The van der Waals surface area contributed by atoms with E-state index >= 15 is 0 Å². The number of para-hydroxylation sites is 1. The van der Waals surface area contributed by atoms with Gasteiger partial charge < -0.3 is 9.47 Å². The van der Waals surface area contributed by atoms with Crippen molar-refractivity contribution in [2.75, 3.05) is 7.11 Å². The van der Waals surface area contributed by atoms with E-state index in [9.17, 15) is 8.42 Å². The van der Waals surface area contributed by atoms with Gasteiger partial charge in [-0.15, -0.1) is 0 Å². The fraction of sp³-hybridized carbons (Fsp3) is 0.556. The zero-order valence-corrected chi connectivity index (χ0v) is 16.5. The van der Waals surface area contributed by atoms with E-state index in [2.05, 4.69) is 14.8 Å². The minimum Gasteiger partial charge on any atom is -0.486 e. The number of benzene rings is 1. The van der Waals surface area contributed by atoms with E-state index in [4.69, 9.17) is 9.47 Å². The molecule has 8 nitrogen and oxygen atoms in total. The lowest BCUT2D eigenvalue weighted by atomic mass is 10.0. The summed E-state index contributed by atoms with van der Waals surface area (Å²) in [5.74, 6) is 1.95. The molecule has 0 amide bonds. The van der Waals surface area contributed by atoms with Crippen molar-refractivity contribution in [1.82, 2.24) is 19.5 Å². The number of hydrogen-bond acceptors (Lipinski definition) is 6. The molecule has 146 valence electrons. The van der Waals surface area contributed by atoms with Crippen molar-refractivity contribution in [1.29, 1.82) is 0 Å². The molecule has 2 aliphatic rings. The van der Waals surface area contributed by atoms with Gasteiger partial charge in [-0.3, -0.25) is 0 Å². The average Bonchev–Trinajstić information content (AvgIpc) is 3.11. The van der Waals surface area contributed by atoms with Crippen LogP contribution in [0.15, 0.2) is 23.1 Å². The average molecular weight is 392 g/mol. The summed E-state index contributed by atoms with van der Waals surface area (Å²) in [7, 11) is -2.11. The molecule has 0 saturated heterocycles. The highest BCUT2D eigenvalue weighted by molar-refractivity contribution is 7.89. The van der Waals surface area contributed by atoms with Crippen molar-refractivity contribution in [2.24, 2.45) is 0 Å². The quantitative estimate of drug-likeness (QED) is 0.827. The Hall–Kier alpha value is -1.97. The third kappa shape index (κ3) is 3.59. The highest BCUT2D eigenvalue weighted by Gasteiger charge is 2.36. The highest BCUT2D eigenvalue weighted by Crippen LogP contribution is 2.39. The van der Waals surface area contributed by atoms with Crippen molar-refractivity contribution >= 4 is 10.0 Å². The lowest BCUT2D eigenvalue weighted by Crippen LogP contribution is -2.41. The monoisotopic (exact) mass is 392 g/mol. The fourth-order valence-electron chi connectivity index (χ4n) is 3.73. The molecule has 0 bridgehead atoms. The zero-order chi connectivity index (χ0) is 19.2. The lowest BCUT2D eigenvalue weighted by molar-refractivity contribution is 0.135. The summed E-state index contributed by atoms with van der Waals surface area (Å²) in [4.78, 5) is 4.63. The molecule has 3 heterocycles. The fourth-order valence-corrected chi connectivity index (χ4v) is 5.16. The predicted octanol–water partition coefficient (Wildman–Crippen LogP) is 1.43. The van der Waals surface area contributed by atoms with Crippen molar-refractivity contribution in [3.05, 3.63) is 35.4 Å². The Morgan fingerprint density at radius 2 is 2.22 bits per heavy atom. The number of rotatable bonds is 5. The third-order valence-electron chi connectivity index (χ3n) is 4.84. The Morgan fingerprint density at radius 3 is 3.00 bits per heavy atom. The normalized spacial score (nSPS) is 20.8. The molecule has 0 saturated carbocycles. The van der Waals surface area contributed by atoms with Crippen LogP contribution in [0.2, 0.25) is 0 Å². The summed E-state index contributed by atoms with van der Waals surface area (Å²) < 4.78 is 41.6. The van der Waals surface area contributed by atoms with E-state index < -0.39 is 15.6 Å². The molecule has 0 aliphatic carbocycles. The molecule has 0 radical (unpaired) electrons. The van der Waals surface area contributed by atoms with Gasteiger partial charge in [-0.1, -0.05) is 12.1 Å². The molecule has 2 aromatic rings. The topological polar surface area (TPSA) is 95.3 Å². The molecule has 1 atom stereocenters. The van der Waals surface area contributed by atoms with Crippen LogP contribution in [0.5, 0.6) is 5.75 Å². The number of hydrogen-bond donors (Lipinski definition) is 1. The standard InChI is InChI=1S/C18H24N4O4S/c1-18(2)9-12-5-4-6-14(17(12)26-18)27(23,24)21-13-7-8-16-19-15(11-25-3)20-22(16)10-13/h4-6,13,21H,7-11H2,1-3H3. The van der Waals surface area contributed by atoms with Gasteiger partial charge in [-0.2, -0.15) is 5.10 Å². The molecular formula is C18H24N4O4S. The first-order valence-corrected chi connectivity index (χ1v) is 10.5. The first kappa shape index (κ1) is 18.4. The van der Waals surface area contributed by atoms with Crippen LogP contribution in [0.25, 0.3) is 0 Å². The SMILES string of the molecule is COCc1nc2n(n1)CC(NS(=O)(=O)c1cccc3c1OC(C)(C)C3)CC2. The smallest absolute Gasteiger partial charge is 0.244 e. The first-order valence-electron chi connectivity index (χ1n) is 9.02. The van der Waals surface area contributed by atoms with Crippen LogP contribution in [0.1, 0.15) is 37.5 Å². The van der Waals surface area contributed by atoms with Crippen LogP contribution in [-0.4, -0.2) is 41.9 Å². The molecular weight excluding hydrogens is 368 g/mol. The molecule has 9 heteroatoms. The van der Waals surface area contributed by atoms with E-state index in [1.165, 1.54) is 0 Å². The Bertz CT molecular complexity index is 968. The number of sulfonamides is 1. The number of nitrogens with zero attached hydrogens (tertiary/aromatic N) is 3. The lowest BCUT2D eigenvalue weighted by Gasteiger charge is -2.24. The largest absolute Gasteiger partial charge is 0.486 e. The van der Waals surface area contributed by atoms with E-state index in [1.54, 1.807) is 23.9 Å². The molecule has 0 spiro atoms. The van der Waals surface area contributed by atoms with Crippen LogP contribution in [0, 0.1) is 0 Å². The number of aryl methyl sites for hydroxylation is 1. The number of methoxy groups -OCH3 is 1. The van der Waals surface area contributed by atoms with Gasteiger partial charge in [0.05, 0.1) is 6.54 Å². The van der Waals surface area contributed by atoms with Gasteiger partial charge in [0.25, 0.3) is 0 Å². The van der Waals surface area contributed by atoms with E-state index in [-0.39, 0.29) is 10.9 Å². The van der Waals surface area contributed by atoms with Crippen molar-refractivity contribution in [3.63, 3.8) is 0 Å². The summed E-state index contributed by atoms with van der Waals surface area (Å²) in [6.45, 7) is 4.72. The van der Waals surface area contributed by atoms with E-state index in [0.29, 0.717) is 44.0 Å². The van der Waals surface area contributed by atoms with Gasteiger partial charge in [0, 0.05) is 26.0 Å². The van der Waals surface area contributed by atoms with Gasteiger partial charge in [-0.05, 0) is 31.9 Å². The molecule has 1 N–H and O–H groups in total. The number of fused-ring (bicyclic) bond motifs is 2. The predicted molar refractivity (Wildman–Crippen MR) is 98.0 cm³/mol. The van der Waals surface area contributed by atoms with Crippen molar-refractivity contribution in [3.8, 4) is 5.75 Å². The van der Waals surface area contributed by atoms with Gasteiger partial charge in [0.15, 0.2) is 5.82 Å². The second kappa shape index (κ2) is 6.57. The molecule has 1 aromatic carbocycles. The van der Waals surface area contributed by atoms with Gasteiger partial charge in [0.1, 0.15) is 28.7 Å². The maximum absolute atomic E-state index is 13.0. The summed E-state index contributed by atoms with van der Waals surface area (Å²) in [6.07, 6.45) is 2.03. The maximum Gasteiger partial charge on any atom is 0.244 e.